The summed E-state index contributed by atoms with van der Waals surface area (Å²) in [6, 6.07) is 7.19. The molecule has 31 heavy (non-hydrogen) atoms. The molecule has 10 heteroatoms. The molecule has 0 unspecified atom stereocenters. The topological polar surface area (TPSA) is 103 Å². The molecule has 0 fully saturated rings. The molecule has 1 aromatic carbocycles. The zero-order chi connectivity index (χ0) is 22.4. The third-order valence-electron chi connectivity index (χ3n) is 5.12. The van der Waals surface area contributed by atoms with Gasteiger partial charge in [0.2, 0.25) is 0 Å². The SMILES string of the molecule is CC(C)(O)CCCn1c(Cn2nc(S(C)(=O)=O)c3ccncc32)nc2cc(Cl)ccc21. The van der Waals surface area contributed by atoms with Crippen LogP contribution in [-0.4, -0.2) is 49.7 Å². The van der Waals surface area contributed by atoms with Crippen molar-refractivity contribution in [2.45, 2.75) is 50.4 Å². The second-order valence-corrected chi connectivity index (χ2v) is 10.7. The van der Waals surface area contributed by atoms with Crippen LogP contribution < -0.4 is 0 Å². The van der Waals surface area contributed by atoms with Gasteiger partial charge in [0.05, 0.1) is 34.9 Å². The lowest BCUT2D eigenvalue weighted by atomic mass is 10.0. The van der Waals surface area contributed by atoms with Crippen LogP contribution in [0.25, 0.3) is 21.9 Å². The smallest absolute Gasteiger partial charge is 0.195 e. The highest BCUT2D eigenvalue weighted by Crippen LogP contribution is 2.25. The predicted octanol–water partition coefficient (Wildman–Crippen LogP) is 3.44. The van der Waals surface area contributed by atoms with Crippen molar-refractivity contribution in [3.8, 4) is 0 Å². The normalized spacial score (nSPS) is 12.8. The highest BCUT2D eigenvalue weighted by molar-refractivity contribution is 7.90. The minimum atomic E-state index is -3.50. The number of hydrogen-bond acceptors (Lipinski definition) is 6. The van der Waals surface area contributed by atoms with Crippen molar-refractivity contribution in [2.24, 2.45) is 0 Å². The number of aliphatic hydroxyl groups is 1. The molecular weight excluding hydrogens is 438 g/mol. The first-order valence-electron chi connectivity index (χ1n) is 9.90. The van der Waals surface area contributed by atoms with Gasteiger partial charge in [-0.05, 0) is 51.0 Å². The lowest BCUT2D eigenvalue weighted by Crippen LogP contribution is -2.19. The molecule has 3 aromatic heterocycles. The standard InChI is InChI=1S/C21H24ClN5O3S/c1-21(2,28)8-4-10-26-17-6-5-14(22)11-16(17)24-19(26)13-27-18-12-23-9-7-15(18)20(25-27)31(3,29)30/h5-7,9,11-12,28H,4,8,10,13H2,1-3H3. The van der Waals surface area contributed by atoms with Gasteiger partial charge in [0.15, 0.2) is 14.9 Å². The minimum absolute atomic E-state index is 0.0256. The fourth-order valence-electron chi connectivity index (χ4n) is 3.71. The van der Waals surface area contributed by atoms with E-state index in [1.165, 1.54) is 0 Å². The van der Waals surface area contributed by atoms with E-state index in [1.54, 1.807) is 43.1 Å². The fraction of sp³-hybridized carbons (Fsp3) is 0.381. The number of halogens is 1. The average molecular weight is 462 g/mol. The number of hydrogen-bond donors (Lipinski definition) is 1. The van der Waals surface area contributed by atoms with Gasteiger partial charge in [-0.3, -0.25) is 9.67 Å². The van der Waals surface area contributed by atoms with Crippen LogP contribution in [0.2, 0.25) is 5.02 Å². The molecule has 8 nitrogen and oxygen atoms in total. The summed E-state index contributed by atoms with van der Waals surface area (Å²) in [5, 5.41) is 15.6. The number of sulfone groups is 1. The van der Waals surface area contributed by atoms with E-state index in [9.17, 15) is 13.5 Å². The molecule has 3 heterocycles. The molecular formula is C21H24ClN5O3S. The molecule has 0 aliphatic rings. The number of rotatable bonds is 7. The van der Waals surface area contributed by atoms with Gasteiger partial charge in [-0.2, -0.15) is 5.10 Å². The number of aromatic nitrogens is 5. The monoisotopic (exact) mass is 461 g/mol. The fourth-order valence-corrected chi connectivity index (χ4v) is 4.70. The Bertz CT molecular complexity index is 1370. The van der Waals surface area contributed by atoms with E-state index in [-0.39, 0.29) is 11.6 Å². The average Bonchev–Trinajstić information content (AvgIpc) is 3.19. The molecule has 0 saturated heterocycles. The van der Waals surface area contributed by atoms with Crippen molar-refractivity contribution in [1.29, 1.82) is 0 Å². The van der Waals surface area contributed by atoms with Crippen LogP contribution >= 0.6 is 11.6 Å². The van der Waals surface area contributed by atoms with Crippen molar-refractivity contribution in [3.63, 3.8) is 0 Å². The molecule has 0 saturated carbocycles. The lowest BCUT2D eigenvalue weighted by molar-refractivity contribution is 0.0675. The summed E-state index contributed by atoms with van der Waals surface area (Å²) < 4.78 is 28.2. The van der Waals surface area contributed by atoms with E-state index in [0.29, 0.717) is 28.9 Å². The van der Waals surface area contributed by atoms with Gasteiger partial charge in [-0.25, -0.2) is 13.4 Å². The van der Waals surface area contributed by atoms with Gasteiger partial charge in [0.1, 0.15) is 5.82 Å². The van der Waals surface area contributed by atoms with Gasteiger partial charge in [-0.15, -0.1) is 0 Å². The summed E-state index contributed by atoms with van der Waals surface area (Å²) in [7, 11) is -3.50. The third kappa shape index (κ3) is 4.58. The molecule has 0 atom stereocenters. The van der Waals surface area contributed by atoms with Gasteiger partial charge in [0.25, 0.3) is 0 Å². The van der Waals surface area contributed by atoms with E-state index < -0.39 is 15.4 Å². The van der Waals surface area contributed by atoms with E-state index >= 15 is 0 Å². The van der Waals surface area contributed by atoms with E-state index in [0.717, 1.165) is 29.5 Å². The van der Waals surface area contributed by atoms with Gasteiger partial charge in [0, 0.05) is 29.4 Å². The van der Waals surface area contributed by atoms with Crippen molar-refractivity contribution in [2.75, 3.05) is 6.26 Å². The Hall–Kier alpha value is -2.49. The molecule has 4 aromatic rings. The van der Waals surface area contributed by atoms with Crippen LogP contribution in [-0.2, 0) is 22.9 Å². The summed E-state index contributed by atoms with van der Waals surface area (Å²) in [4.78, 5) is 8.88. The molecule has 0 aliphatic carbocycles. The summed E-state index contributed by atoms with van der Waals surface area (Å²) in [5.41, 5.74) is 1.54. The van der Waals surface area contributed by atoms with Crippen molar-refractivity contribution >= 4 is 43.4 Å². The molecule has 4 rings (SSSR count). The maximum atomic E-state index is 12.2. The van der Waals surface area contributed by atoms with Crippen molar-refractivity contribution in [3.05, 3.63) is 47.5 Å². The van der Waals surface area contributed by atoms with E-state index in [1.807, 2.05) is 12.1 Å². The molecule has 0 aliphatic heterocycles. The molecule has 0 spiro atoms. The van der Waals surface area contributed by atoms with Crippen molar-refractivity contribution < 1.29 is 13.5 Å². The lowest BCUT2D eigenvalue weighted by Gasteiger charge is -2.17. The van der Waals surface area contributed by atoms with Crippen LogP contribution in [0.3, 0.4) is 0 Å². The Morgan fingerprint density at radius 1 is 1.19 bits per heavy atom. The van der Waals surface area contributed by atoms with Crippen molar-refractivity contribution in [1.82, 2.24) is 24.3 Å². The zero-order valence-electron chi connectivity index (χ0n) is 17.6. The Balaban J connectivity index is 1.79. The maximum absolute atomic E-state index is 12.2. The summed E-state index contributed by atoms with van der Waals surface area (Å²) in [6.45, 7) is 4.49. The largest absolute Gasteiger partial charge is 0.390 e. The first-order chi connectivity index (χ1) is 14.5. The van der Waals surface area contributed by atoms with Gasteiger partial charge < -0.3 is 9.67 Å². The molecule has 164 valence electrons. The molecule has 0 bridgehead atoms. The van der Waals surface area contributed by atoms with Crippen LogP contribution in [0, 0.1) is 0 Å². The Kier molecular flexibility index (Phi) is 5.53. The maximum Gasteiger partial charge on any atom is 0.195 e. The molecule has 1 N–H and O–H groups in total. The van der Waals surface area contributed by atoms with Crippen LogP contribution in [0.15, 0.2) is 41.7 Å². The predicted molar refractivity (Wildman–Crippen MR) is 120 cm³/mol. The van der Waals surface area contributed by atoms with Crippen LogP contribution in [0.4, 0.5) is 0 Å². The molecule has 0 radical (unpaired) electrons. The Morgan fingerprint density at radius 3 is 2.68 bits per heavy atom. The summed E-state index contributed by atoms with van der Waals surface area (Å²) in [6.07, 6.45) is 5.69. The quantitative estimate of drug-likeness (QED) is 0.452. The Labute approximate surface area is 185 Å². The number of benzene rings is 1. The second-order valence-electron chi connectivity index (χ2n) is 8.36. The summed E-state index contributed by atoms with van der Waals surface area (Å²) >= 11 is 6.16. The van der Waals surface area contributed by atoms with E-state index in [2.05, 4.69) is 14.6 Å². The highest BCUT2D eigenvalue weighted by atomic mass is 35.5. The van der Waals surface area contributed by atoms with Gasteiger partial charge in [-0.1, -0.05) is 11.6 Å². The molecule has 0 amide bonds. The minimum Gasteiger partial charge on any atom is -0.390 e. The first-order valence-corrected chi connectivity index (χ1v) is 12.2. The van der Waals surface area contributed by atoms with Crippen LogP contribution in [0.1, 0.15) is 32.5 Å². The number of imidazole rings is 1. The second kappa shape index (κ2) is 7.89. The Morgan fingerprint density at radius 2 is 1.97 bits per heavy atom. The van der Waals surface area contributed by atoms with E-state index in [4.69, 9.17) is 16.6 Å². The third-order valence-corrected chi connectivity index (χ3v) is 6.36. The number of pyridine rings is 1. The number of nitrogens with zero attached hydrogens (tertiary/aromatic N) is 5. The highest BCUT2D eigenvalue weighted by Gasteiger charge is 2.21. The number of aryl methyl sites for hydroxylation is 1. The zero-order valence-corrected chi connectivity index (χ0v) is 19.2. The first kappa shape index (κ1) is 21.7. The van der Waals surface area contributed by atoms with Gasteiger partial charge >= 0.3 is 0 Å². The number of fused-ring (bicyclic) bond motifs is 2. The van der Waals surface area contributed by atoms with Crippen LogP contribution in [0.5, 0.6) is 0 Å². The summed E-state index contributed by atoms with van der Waals surface area (Å²) in [5.74, 6) is 0.723.